The molecule has 0 amide bonds. The van der Waals surface area contributed by atoms with E-state index in [4.69, 9.17) is 11.6 Å². The number of hydrogen-bond acceptors (Lipinski definition) is 4. The van der Waals surface area contributed by atoms with Gasteiger partial charge in [0.25, 0.3) is 0 Å². The topological polar surface area (TPSA) is 39.7 Å². The van der Waals surface area contributed by atoms with Crippen molar-refractivity contribution in [3.8, 4) is 0 Å². The van der Waals surface area contributed by atoms with Gasteiger partial charge in [0.2, 0.25) is 0 Å². The number of hydrogen-bond donors (Lipinski definition) is 2. The Balaban J connectivity index is 2.29. The van der Waals surface area contributed by atoms with Crippen LogP contribution in [0.3, 0.4) is 0 Å². The summed E-state index contributed by atoms with van der Waals surface area (Å²) in [5.41, 5.74) is 7.58. The maximum Gasteiger partial charge on any atom is 0.154 e. The Kier molecular flexibility index (Phi) is 7.85. The summed E-state index contributed by atoms with van der Waals surface area (Å²) < 4.78 is 0. The number of allylic oxidation sites excluding steroid dienone is 2. The molecule has 104 valence electrons. The van der Waals surface area contributed by atoms with Gasteiger partial charge in [0.15, 0.2) is 5.17 Å². The summed E-state index contributed by atoms with van der Waals surface area (Å²) in [6, 6.07) is 0. The van der Waals surface area contributed by atoms with Crippen LogP contribution in [0, 0.1) is 0 Å². The molecule has 0 aromatic heterocycles. The molecule has 2 N–H and O–H groups in total. The third kappa shape index (κ3) is 6.26. The molecule has 0 saturated heterocycles. The van der Waals surface area contributed by atoms with Crippen LogP contribution in [0.25, 0.3) is 0 Å². The highest BCUT2D eigenvalue weighted by Gasteiger charge is 2.10. The molecule has 0 aliphatic carbocycles. The van der Waals surface area contributed by atoms with Crippen LogP contribution in [0.1, 0.15) is 58.8 Å². The zero-order chi connectivity index (χ0) is 13.2. The molecule has 0 radical (unpaired) electrons. The van der Waals surface area contributed by atoms with Crippen LogP contribution in [0.5, 0.6) is 0 Å². The predicted molar refractivity (Wildman–Crippen MR) is 78.0 cm³/mol. The number of rotatable bonds is 9. The molecule has 1 aliphatic rings. The first-order valence-electron chi connectivity index (χ1n) is 7.01. The van der Waals surface area contributed by atoms with Crippen molar-refractivity contribution in [2.24, 2.45) is 5.10 Å². The van der Waals surface area contributed by atoms with Gasteiger partial charge in [-0.2, -0.15) is 5.43 Å². The normalized spacial score (nSPS) is 15.2. The van der Waals surface area contributed by atoms with Crippen LogP contribution in [-0.4, -0.2) is 16.9 Å². The van der Waals surface area contributed by atoms with Gasteiger partial charge in [-0.1, -0.05) is 51.1 Å². The molecule has 1 heterocycles. The average molecular weight is 273 g/mol. The van der Waals surface area contributed by atoms with Gasteiger partial charge in [-0.25, -0.2) is 0 Å². The Bertz CT molecular complexity index is 289. The maximum absolute atomic E-state index is 6.01. The van der Waals surface area contributed by atoms with Crippen molar-refractivity contribution in [3.05, 3.63) is 11.8 Å². The van der Waals surface area contributed by atoms with E-state index in [9.17, 15) is 0 Å². The van der Waals surface area contributed by atoms with Gasteiger partial charge in [0, 0.05) is 12.2 Å². The first-order chi connectivity index (χ1) is 8.76. The van der Waals surface area contributed by atoms with Crippen molar-refractivity contribution in [2.75, 3.05) is 6.54 Å². The highest BCUT2D eigenvalue weighted by molar-refractivity contribution is 6.68. The highest BCUT2D eigenvalue weighted by atomic mass is 35.5. The van der Waals surface area contributed by atoms with Gasteiger partial charge in [0.05, 0.1) is 0 Å². The molecule has 0 aromatic rings. The second-order valence-corrected chi connectivity index (χ2v) is 4.98. The van der Waals surface area contributed by atoms with E-state index in [0.29, 0.717) is 5.17 Å². The fourth-order valence-corrected chi connectivity index (χ4v) is 2.00. The van der Waals surface area contributed by atoms with Crippen molar-refractivity contribution >= 4 is 16.8 Å². The Morgan fingerprint density at radius 3 is 2.67 bits per heavy atom. The number of halogens is 1. The smallest absolute Gasteiger partial charge is 0.154 e. The molecule has 0 atom stereocenters. The lowest BCUT2D eigenvalue weighted by atomic mass is 10.1. The van der Waals surface area contributed by atoms with E-state index in [0.717, 1.165) is 25.1 Å². The summed E-state index contributed by atoms with van der Waals surface area (Å²) in [6.45, 7) is 5.32. The number of unbranched alkanes of at least 4 members (excludes halogenated alkanes) is 4. The third-order valence-corrected chi connectivity index (χ3v) is 3.01. The van der Waals surface area contributed by atoms with E-state index in [-0.39, 0.29) is 0 Å². The van der Waals surface area contributed by atoms with Crippen LogP contribution in [0.15, 0.2) is 16.9 Å². The Labute approximate surface area is 115 Å². The first-order valence-corrected chi connectivity index (χ1v) is 7.39. The van der Waals surface area contributed by atoms with E-state index in [1.54, 1.807) is 5.23 Å². The lowest BCUT2D eigenvalue weighted by Crippen LogP contribution is -2.46. The minimum atomic E-state index is 0.531. The fraction of sp³-hybridized carbons (Fsp3) is 0.769. The minimum Gasteiger partial charge on any atom is -0.271 e. The Morgan fingerprint density at radius 2 is 1.94 bits per heavy atom. The summed E-state index contributed by atoms with van der Waals surface area (Å²) in [7, 11) is 0. The van der Waals surface area contributed by atoms with Crippen LogP contribution < -0.4 is 10.9 Å². The zero-order valence-electron chi connectivity index (χ0n) is 11.5. The number of hydrazine groups is 2. The SMILES string of the molecule is CCCCCNN1N=C(Cl)C=C(CCCCC)N1. The second kappa shape index (κ2) is 9.22. The second-order valence-electron chi connectivity index (χ2n) is 4.59. The molecule has 0 aromatic carbocycles. The van der Waals surface area contributed by atoms with Crippen LogP contribution in [-0.2, 0) is 0 Å². The molecule has 0 saturated carbocycles. The summed E-state index contributed by atoms with van der Waals surface area (Å²) >= 11 is 6.01. The monoisotopic (exact) mass is 272 g/mol. The fourth-order valence-electron chi connectivity index (χ4n) is 1.79. The standard InChI is InChI=1S/C13H25ClN4/c1-3-5-7-9-12-11-13(14)17-18(16-12)15-10-8-6-4-2/h11,15-16H,3-10H2,1-2H3. The van der Waals surface area contributed by atoms with E-state index in [2.05, 4.69) is 29.8 Å². The Hall–Kier alpha value is -0.740. The predicted octanol–water partition coefficient (Wildman–Crippen LogP) is 3.52. The van der Waals surface area contributed by atoms with Gasteiger partial charge in [0.1, 0.15) is 0 Å². The van der Waals surface area contributed by atoms with E-state index in [1.807, 2.05) is 6.08 Å². The summed E-state index contributed by atoms with van der Waals surface area (Å²) in [5.74, 6) is 0. The largest absolute Gasteiger partial charge is 0.271 e. The molecular formula is C13H25ClN4. The van der Waals surface area contributed by atoms with Gasteiger partial charge in [-0.3, -0.25) is 5.43 Å². The minimum absolute atomic E-state index is 0.531. The first kappa shape index (κ1) is 15.3. The van der Waals surface area contributed by atoms with Gasteiger partial charge < -0.3 is 0 Å². The molecule has 18 heavy (non-hydrogen) atoms. The molecule has 4 nitrogen and oxygen atoms in total. The molecule has 0 spiro atoms. The zero-order valence-corrected chi connectivity index (χ0v) is 12.3. The quantitative estimate of drug-likeness (QED) is 0.631. The van der Waals surface area contributed by atoms with Crippen LogP contribution in [0.2, 0.25) is 0 Å². The lowest BCUT2D eigenvalue weighted by Gasteiger charge is -2.26. The van der Waals surface area contributed by atoms with Crippen LogP contribution >= 0.6 is 11.6 Å². The summed E-state index contributed by atoms with van der Waals surface area (Å²) in [5, 5.41) is 6.34. The maximum atomic E-state index is 6.01. The van der Waals surface area contributed by atoms with Crippen molar-refractivity contribution in [1.82, 2.24) is 16.1 Å². The molecule has 1 aliphatic heterocycles. The van der Waals surface area contributed by atoms with E-state index < -0.39 is 0 Å². The number of hydrazone groups is 1. The van der Waals surface area contributed by atoms with E-state index >= 15 is 0 Å². The molecule has 1 rings (SSSR count). The number of nitrogens with one attached hydrogen (secondary N) is 2. The van der Waals surface area contributed by atoms with Crippen molar-refractivity contribution in [2.45, 2.75) is 58.8 Å². The lowest BCUT2D eigenvalue weighted by molar-refractivity contribution is 0.133. The Morgan fingerprint density at radius 1 is 1.22 bits per heavy atom. The summed E-state index contributed by atoms with van der Waals surface area (Å²) in [4.78, 5) is 0. The third-order valence-electron chi connectivity index (χ3n) is 2.83. The molecule has 0 bridgehead atoms. The van der Waals surface area contributed by atoms with Crippen molar-refractivity contribution < 1.29 is 0 Å². The van der Waals surface area contributed by atoms with Gasteiger partial charge >= 0.3 is 0 Å². The number of nitrogens with zero attached hydrogens (tertiary/aromatic N) is 2. The van der Waals surface area contributed by atoms with E-state index in [1.165, 1.54) is 32.1 Å². The highest BCUT2D eigenvalue weighted by Crippen LogP contribution is 2.11. The molecule has 5 heteroatoms. The van der Waals surface area contributed by atoms with Crippen molar-refractivity contribution in [3.63, 3.8) is 0 Å². The van der Waals surface area contributed by atoms with Gasteiger partial charge in [-0.05, 0) is 25.3 Å². The van der Waals surface area contributed by atoms with Crippen molar-refractivity contribution in [1.29, 1.82) is 0 Å². The average Bonchev–Trinajstić information content (AvgIpc) is 2.34. The molecular weight excluding hydrogens is 248 g/mol. The molecule has 0 fully saturated rings. The van der Waals surface area contributed by atoms with Crippen LogP contribution in [0.4, 0.5) is 0 Å². The summed E-state index contributed by atoms with van der Waals surface area (Å²) in [6.07, 6.45) is 10.2. The molecule has 0 unspecified atom stereocenters. The van der Waals surface area contributed by atoms with Gasteiger partial charge in [-0.15, -0.1) is 10.3 Å².